The second-order valence-electron chi connectivity index (χ2n) is 6.16. The lowest BCUT2D eigenvalue weighted by Gasteiger charge is -2.26. The number of carbonyl (C=O) groups is 1. The largest absolute Gasteiger partial charge is 0.495 e. The fourth-order valence-corrected chi connectivity index (χ4v) is 4.50. The molecule has 0 unspecified atom stereocenters. The van der Waals surface area contributed by atoms with Crippen molar-refractivity contribution in [1.82, 2.24) is 4.31 Å². The van der Waals surface area contributed by atoms with Crippen LogP contribution in [0.2, 0.25) is 0 Å². The smallest absolute Gasteiger partial charge is 0.323 e. The average Bonchev–Trinajstić information content (AvgIpc) is 2.74. The van der Waals surface area contributed by atoms with E-state index in [2.05, 4.69) is 10.6 Å². The van der Waals surface area contributed by atoms with Crippen LogP contribution >= 0.6 is 0 Å². The van der Waals surface area contributed by atoms with Gasteiger partial charge in [0.05, 0.1) is 33.1 Å². The van der Waals surface area contributed by atoms with Crippen LogP contribution in [-0.4, -0.2) is 59.3 Å². The van der Waals surface area contributed by atoms with Crippen molar-refractivity contribution >= 4 is 27.4 Å². The van der Waals surface area contributed by atoms with Crippen molar-refractivity contribution in [3.63, 3.8) is 0 Å². The molecule has 1 aliphatic rings. The Balaban J connectivity index is 1.82. The van der Waals surface area contributed by atoms with Crippen LogP contribution in [0.5, 0.6) is 11.5 Å². The van der Waals surface area contributed by atoms with E-state index in [1.54, 1.807) is 30.3 Å². The summed E-state index contributed by atoms with van der Waals surface area (Å²) in [4.78, 5) is 12.4. The zero-order chi connectivity index (χ0) is 20.9. The van der Waals surface area contributed by atoms with Crippen molar-refractivity contribution in [1.29, 1.82) is 0 Å². The van der Waals surface area contributed by atoms with Crippen molar-refractivity contribution in [2.24, 2.45) is 0 Å². The number of anilines is 2. The maximum Gasteiger partial charge on any atom is 0.323 e. The molecule has 2 aromatic rings. The van der Waals surface area contributed by atoms with Gasteiger partial charge in [-0.25, -0.2) is 13.2 Å². The number of urea groups is 1. The van der Waals surface area contributed by atoms with Crippen molar-refractivity contribution in [2.75, 3.05) is 51.2 Å². The molecule has 3 rings (SSSR count). The summed E-state index contributed by atoms with van der Waals surface area (Å²) in [7, 11) is -0.893. The quantitative estimate of drug-likeness (QED) is 0.742. The Kier molecular flexibility index (Phi) is 6.57. The molecule has 0 bridgehead atoms. The first kappa shape index (κ1) is 20.9. The number of hydrogen-bond donors (Lipinski definition) is 2. The molecule has 1 heterocycles. The molecule has 9 nitrogen and oxygen atoms in total. The Morgan fingerprint density at radius 1 is 1.00 bits per heavy atom. The van der Waals surface area contributed by atoms with Gasteiger partial charge < -0.3 is 24.8 Å². The lowest BCUT2D eigenvalue weighted by atomic mass is 10.3. The van der Waals surface area contributed by atoms with E-state index in [9.17, 15) is 13.2 Å². The predicted octanol–water partition coefficient (Wildman–Crippen LogP) is 2.37. The highest BCUT2D eigenvalue weighted by Crippen LogP contribution is 2.30. The highest BCUT2D eigenvalue weighted by atomic mass is 32.2. The Hall–Kier alpha value is -2.82. The lowest BCUT2D eigenvalue weighted by molar-refractivity contribution is 0.0729. The first-order valence-corrected chi connectivity index (χ1v) is 10.4. The minimum Gasteiger partial charge on any atom is -0.495 e. The molecule has 29 heavy (non-hydrogen) atoms. The Morgan fingerprint density at radius 3 is 2.38 bits per heavy atom. The number of hydrogen-bond acceptors (Lipinski definition) is 6. The number of nitrogens with one attached hydrogen (secondary N) is 2. The SMILES string of the molecule is COc1ccccc1NC(=O)Nc1ccc(OC)c(S(=O)(=O)N2CCOCC2)c1. The first-order chi connectivity index (χ1) is 14.0. The van der Waals surface area contributed by atoms with Crippen molar-refractivity contribution in [3.05, 3.63) is 42.5 Å². The summed E-state index contributed by atoms with van der Waals surface area (Å²) >= 11 is 0. The number of sulfonamides is 1. The summed E-state index contributed by atoms with van der Waals surface area (Å²) in [6.07, 6.45) is 0. The number of para-hydroxylation sites is 2. The van der Waals surface area contributed by atoms with Crippen LogP contribution in [0.25, 0.3) is 0 Å². The third-order valence-electron chi connectivity index (χ3n) is 4.36. The van der Waals surface area contributed by atoms with Gasteiger partial charge in [0.1, 0.15) is 16.4 Å². The number of morpholine rings is 1. The van der Waals surface area contributed by atoms with Crippen LogP contribution in [0.15, 0.2) is 47.4 Å². The molecule has 1 saturated heterocycles. The van der Waals surface area contributed by atoms with Crippen LogP contribution in [0.4, 0.5) is 16.2 Å². The molecule has 0 atom stereocenters. The summed E-state index contributed by atoms with van der Waals surface area (Å²) in [5.41, 5.74) is 0.798. The second-order valence-corrected chi connectivity index (χ2v) is 8.07. The third kappa shape index (κ3) is 4.78. The topological polar surface area (TPSA) is 106 Å². The van der Waals surface area contributed by atoms with Gasteiger partial charge in [0.25, 0.3) is 0 Å². The summed E-state index contributed by atoms with van der Waals surface area (Å²) < 4.78 is 43.0. The number of methoxy groups -OCH3 is 2. The normalized spacial score (nSPS) is 14.8. The molecule has 10 heteroatoms. The average molecular weight is 421 g/mol. The van der Waals surface area contributed by atoms with E-state index < -0.39 is 16.1 Å². The molecular formula is C19H23N3O6S. The van der Waals surface area contributed by atoms with Crippen LogP contribution in [0, 0.1) is 0 Å². The second kappa shape index (κ2) is 9.12. The zero-order valence-electron chi connectivity index (χ0n) is 16.2. The summed E-state index contributed by atoms with van der Waals surface area (Å²) in [5, 5.41) is 5.32. The van der Waals surface area contributed by atoms with E-state index in [4.69, 9.17) is 14.2 Å². The molecule has 156 valence electrons. The molecule has 0 radical (unpaired) electrons. The molecule has 0 aliphatic carbocycles. The van der Waals surface area contributed by atoms with Gasteiger partial charge in [0.15, 0.2) is 0 Å². The van der Waals surface area contributed by atoms with Crippen molar-refractivity contribution in [3.8, 4) is 11.5 Å². The van der Waals surface area contributed by atoms with E-state index in [-0.39, 0.29) is 23.7 Å². The van der Waals surface area contributed by atoms with Crippen molar-refractivity contribution in [2.45, 2.75) is 4.90 Å². The summed E-state index contributed by atoms with van der Waals surface area (Å²) in [6, 6.07) is 10.9. The number of nitrogens with zero attached hydrogens (tertiary/aromatic N) is 1. The van der Waals surface area contributed by atoms with Gasteiger partial charge in [0, 0.05) is 18.8 Å². The zero-order valence-corrected chi connectivity index (χ0v) is 17.0. The molecule has 2 N–H and O–H groups in total. The monoisotopic (exact) mass is 421 g/mol. The fourth-order valence-electron chi connectivity index (χ4n) is 2.91. The van der Waals surface area contributed by atoms with Gasteiger partial charge in [-0.05, 0) is 30.3 Å². The van der Waals surface area contributed by atoms with Gasteiger partial charge in [-0.2, -0.15) is 4.31 Å². The van der Waals surface area contributed by atoms with Crippen LogP contribution in [0.1, 0.15) is 0 Å². The van der Waals surface area contributed by atoms with Gasteiger partial charge >= 0.3 is 6.03 Å². The molecule has 0 aromatic heterocycles. The molecular weight excluding hydrogens is 398 g/mol. The van der Waals surface area contributed by atoms with E-state index in [1.165, 1.54) is 30.7 Å². The highest BCUT2D eigenvalue weighted by molar-refractivity contribution is 7.89. The van der Waals surface area contributed by atoms with E-state index in [0.717, 1.165) is 0 Å². The molecule has 1 aliphatic heterocycles. The molecule has 0 spiro atoms. The maximum absolute atomic E-state index is 13.0. The molecule has 2 amide bonds. The number of rotatable bonds is 6. The van der Waals surface area contributed by atoms with Crippen LogP contribution in [0.3, 0.4) is 0 Å². The van der Waals surface area contributed by atoms with Gasteiger partial charge in [0.2, 0.25) is 10.0 Å². The number of benzene rings is 2. The maximum atomic E-state index is 13.0. The van der Waals surface area contributed by atoms with Gasteiger partial charge in [-0.3, -0.25) is 0 Å². The standard InChI is InChI=1S/C19H23N3O6S/c1-26-16-6-4-3-5-15(16)21-19(23)20-14-7-8-17(27-2)18(13-14)29(24,25)22-9-11-28-12-10-22/h3-8,13H,9-12H2,1-2H3,(H2,20,21,23). The summed E-state index contributed by atoms with van der Waals surface area (Å²) in [5.74, 6) is 0.708. The molecule has 1 fully saturated rings. The Bertz CT molecular complexity index is 974. The number of carbonyl (C=O) groups excluding carboxylic acids is 1. The van der Waals surface area contributed by atoms with Crippen molar-refractivity contribution < 1.29 is 27.4 Å². The predicted molar refractivity (Wildman–Crippen MR) is 108 cm³/mol. The van der Waals surface area contributed by atoms with Gasteiger partial charge in [-0.15, -0.1) is 0 Å². The molecule has 2 aromatic carbocycles. The van der Waals surface area contributed by atoms with E-state index in [0.29, 0.717) is 30.3 Å². The highest BCUT2D eigenvalue weighted by Gasteiger charge is 2.29. The molecule has 0 saturated carbocycles. The van der Waals surface area contributed by atoms with E-state index in [1.807, 2.05) is 0 Å². The Labute approximate surface area is 169 Å². The Morgan fingerprint density at radius 2 is 1.69 bits per heavy atom. The minimum absolute atomic E-state index is 0.0167. The number of ether oxygens (including phenoxy) is 3. The third-order valence-corrected chi connectivity index (χ3v) is 6.28. The lowest BCUT2D eigenvalue weighted by Crippen LogP contribution is -2.40. The number of amides is 2. The van der Waals surface area contributed by atoms with Crippen LogP contribution in [-0.2, 0) is 14.8 Å². The van der Waals surface area contributed by atoms with Crippen LogP contribution < -0.4 is 20.1 Å². The van der Waals surface area contributed by atoms with E-state index >= 15 is 0 Å². The fraction of sp³-hybridized carbons (Fsp3) is 0.316. The first-order valence-electron chi connectivity index (χ1n) is 8.92. The summed E-state index contributed by atoms with van der Waals surface area (Å²) in [6.45, 7) is 1.19. The van der Waals surface area contributed by atoms with Gasteiger partial charge in [-0.1, -0.05) is 12.1 Å². The minimum atomic E-state index is -3.80.